The first kappa shape index (κ1) is 22.2. The molecule has 0 bridgehead atoms. The molecule has 0 radical (unpaired) electrons. The van der Waals surface area contributed by atoms with E-state index in [4.69, 9.17) is 9.47 Å². The van der Waals surface area contributed by atoms with Crippen molar-refractivity contribution in [2.24, 2.45) is 5.92 Å². The van der Waals surface area contributed by atoms with E-state index in [1.165, 1.54) is 6.42 Å². The number of rotatable bonds is 7. The molecule has 1 heterocycles. The van der Waals surface area contributed by atoms with Gasteiger partial charge < -0.3 is 19.7 Å². The molecule has 32 heavy (non-hydrogen) atoms. The van der Waals surface area contributed by atoms with Gasteiger partial charge >= 0.3 is 0 Å². The maximum absolute atomic E-state index is 13.4. The molecule has 2 amide bonds. The summed E-state index contributed by atoms with van der Waals surface area (Å²) in [6.07, 6.45) is 5.74. The Morgan fingerprint density at radius 2 is 1.81 bits per heavy atom. The highest BCUT2D eigenvalue weighted by Gasteiger charge is 2.47. The number of carbonyl (C=O) groups excluding carboxylic acids is 2. The average Bonchev–Trinajstić information content (AvgIpc) is 3.23. The molecule has 1 aliphatic heterocycles. The minimum atomic E-state index is -0.414. The summed E-state index contributed by atoms with van der Waals surface area (Å²) >= 11 is 0. The Labute approximate surface area is 189 Å². The van der Waals surface area contributed by atoms with Crippen molar-refractivity contribution < 1.29 is 19.1 Å². The van der Waals surface area contributed by atoms with E-state index in [1.807, 2.05) is 53.4 Å². The van der Waals surface area contributed by atoms with E-state index in [2.05, 4.69) is 5.32 Å². The summed E-state index contributed by atoms with van der Waals surface area (Å²) in [5.74, 6) is 1.84. The number of hydrogen-bond acceptors (Lipinski definition) is 4. The minimum Gasteiger partial charge on any atom is -0.497 e. The predicted molar refractivity (Wildman–Crippen MR) is 123 cm³/mol. The molecule has 3 unspecified atom stereocenters. The fourth-order valence-corrected chi connectivity index (χ4v) is 5.23. The Morgan fingerprint density at radius 1 is 1.03 bits per heavy atom. The van der Waals surface area contributed by atoms with Crippen LogP contribution in [0.2, 0.25) is 0 Å². The van der Waals surface area contributed by atoms with Gasteiger partial charge in [0.2, 0.25) is 5.91 Å². The number of nitrogens with one attached hydrogen (secondary N) is 1. The van der Waals surface area contributed by atoms with Gasteiger partial charge in [0.25, 0.3) is 5.91 Å². The summed E-state index contributed by atoms with van der Waals surface area (Å²) in [7, 11) is 3.27. The Balaban J connectivity index is 1.46. The molecule has 170 valence electrons. The topological polar surface area (TPSA) is 67.9 Å². The van der Waals surface area contributed by atoms with Crippen molar-refractivity contribution in [2.75, 3.05) is 20.8 Å². The molecule has 1 N–H and O–H groups in total. The van der Waals surface area contributed by atoms with Crippen LogP contribution in [0.25, 0.3) is 0 Å². The standard InChI is InChI=1S/C26H32N2O4/c1-31-21-12-13-24(32-2)20(16-21)14-15-27-25(29)23-17-19-10-6-7-11-22(19)28(23)26(30)18-8-4-3-5-9-18/h3-5,8-9,12-13,16,19,22-23H,6-7,10-11,14-15,17H2,1-2H3,(H,27,29). The van der Waals surface area contributed by atoms with Crippen molar-refractivity contribution in [2.45, 2.75) is 50.6 Å². The van der Waals surface area contributed by atoms with E-state index in [-0.39, 0.29) is 17.9 Å². The van der Waals surface area contributed by atoms with E-state index in [0.29, 0.717) is 24.4 Å². The highest BCUT2D eigenvalue weighted by molar-refractivity contribution is 5.98. The first-order chi connectivity index (χ1) is 15.6. The van der Waals surface area contributed by atoms with Crippen LogP contribution in [0.4, 0.5) is 0 Å². The molecule has 0 aromatic heterocycles. The second-order valence-corrected chi connectivity index (χ2v) is 8.66. The SMILES string of the molecule is COc1ccc(OC)c(CCNC(=O)C2CC3CCCCC3N2C(=O)c2ccccc2)c1. The van der Waals surface area contributed by atoms with Gasteiger partial charge in [-0.15, -0.1) is 0 Å². The van der Waals surface area contributed by atoms with Crippen LogP contribution in [0.5, 0.6) is 11.5 Å². The van der Waals surface area contributed by atoms with Crippen molar-refractivity contribution >= 4 is 11.8 Å². The lowest BCUT2D eigenvalue weighted by Crippen LogP contribution is -2.49. The van der Waals surface area contributed by atoms with Crippen LogP contribution in [0.1, 0.15) is 48.0 Å². The summed E-state index contributed by atoms with van der Waals surface area (Å²) in [4.78, 5) is 28.5. The summed E-state index contributed by atoms with van der Waals surface area (Å²) in [5.41, 5.74) is 1.63. The van der Waals surface area contributed by atoms with E-state index >= 15 is 0 Å². The van der Waals surface area contributed by atoms with Gasteiger partial charge in [-0.1, -0.05) is 31.0 Å². The second kappa shape index (κ2) is 10.1. The largest absolute Gasteiger partial charge is 0.497 e. The summed E-state index contributed by atoms with van der Waals surface area (Å²) in [6, 6.07) is 14.7. The van der Waals surface area contributed by atoms with Gasteiger partial charge in [-0.2, -0.15) is 0 Å². The van der Waals surface area contributed by atoms with Crippen molar-refractivity contribution in [1.29, 1.82) is 0 Å². The van der Waals surface area contributed by atoms with E-state index in [1.54, 1.807) is 14.2 Å². The van der Waals surface area contributed by atoms with Gasteiger partial charge in [0.15, 0.2) is 0 Å². The van der Waals surface area contributed by atoms with Crippen LogP contribution in [0.15, 0.2) is 48.5 Å². The first-order valence-corrected chi connectivity index (χ1v) is 11.5. The molecule has 2 aliphatic rings. The first-order valence-electron chi connectivity index (χ1n) is 11.5. The molecular weight excluding hydrogens is 404 g/mol. The Bertz CT molecular complexity index is 946. The zero-order valence-electron chi connectivity index (χ0n) is 18.9. The monoisotopic (exact) mass is 436 g/mol. The number of methoxy groups -OCH3 is 2. The lowest BCUT2D eigenvalue weighted by atomic mass is 9.84. The Kier molecular flexibility index (Phi) is 6.98. The van der Waals surface area contributed by atoms with Crippen LogP contribution in [0, 0.1) is 5.92 Å². The molecule has 6 heteroatoms. The predicted octanol–water partition coefficient (Wildman–Crippen LogP) is 3.84. The number of fused-ring (bicyclic) bond motifs is 1. The Hall–Kier alpha value is -3.02. The zero-order valence-corrected chi connectivity index (χ0v) is 18.9. The molecule has 1 saturated heterocycles. The number of amides is 2. The molecular formula is C26H32N2O4. The number of ether oxygens (including phenoxy) is 2. The third-order valence-electron chi connectivity index (χ3n) is 6.83. The van der Waals surface area contributed by atoms with E-state index in [0.717, 1.165) is 42.7 Å². The zero-order chi connectivity index (χ0) is 22.5. The average molecular weight is 437 g/mol. The number of carbonyl (C=O) groups is 2. The molecule has 4 rings (SSSR count). The molecule has 0 spiro atoms. The number of hydrogen-bond donors (Lipinski definition) is 1. The molecule has 3 atom stereocenters. The van der Waals surface area contributed by atoms with Crippen molar-refractivity contribution in [3.63, 3.8) is 0 Å². The highest BCUT2D eigenvalue weighted by atomic mass is 16.5. The van der Waals surface area contributed by atoms with Gasteiger partial charge in [0.05, 0.1) is 14.2 Å². The number of likely N-dealkylation sites (tertiary alicyclic amines) is 1. The van der Waals surface area contributed by atoms with Crippen LogP contribution in [-0.4, -0.2) is 49.6 Å². The molecule has 6 nitrogen and oxygen atoms in total. The fourth-order valence-electron chi connectivity index (χ4n) is 5.23. The molecule has 2 aromatic rings. The van der Waals surface area contributed by atoms with Gasteiger partial charge in [-0.05, 0) is 67.5 Å². The molecule has 1 saturated carbocycles. The third kappa shape index (κ3) is 4.59. The van der Waals surface area contributed by atoms with Crippen LogP contribution in [0.3, 0.4) is 0 Å². The normalized spacial score (nSPS) is 22.2. The maximum atomic E-state index is 13.4. The Morgan fingerprint density at radius 3 is 2.56 bits per heavy atom. The quantitative estimate of drug-likeness (QED) is 0.716. The summed E-state index contributed by atoms with van der Waals surface area (Å²) < 4.78 is 10.8. The van der Waals surface area contributed by atoms with Crippen LogP contribution in [-0.2, 0) is 11.2 Å². The third-order valence-corrected chi connectivity index (χ3v) is 6.83. The summed E-state index contributed by atoms with van der Waals surface area (Å²) in [5, 5.41) is 3.08. The van der Waals surface area contributed by atoms with Gasteiger partial charge in [-0.3, -0.25) is 9.59 Å². The van der Waals surface area contributed by atoms with Crippen molar-refractivity contribution in [3.8, 4) is 11.5 Å². The van der Waals surface area contributed by atoms with Crippen molar-refractivity contribution in [1.82, 2.24) is 10.2 Å². The molecule has 2 fully saturated rings. The lowest BCUT2D eigenvalue weighted by Gasteiger charge is -2.33. The van der Waals surface area contributed by atoms with E-state index in [9.17, 15) is 9.59 Å². The summed E-state index contributed by atoms with van der Waals surface area (Å²) in [6.45, 7) is 0.474. The van der Waals surface area contributed by atoms with Crippen LogP contribution < -0.4 is 14.8 Å². The maximum Gasteiger partial charge on any atom is 0.254 e. The number of nitrogens with zero attached hydrogens (tertiary/aromatic N) is 1. The number of benzene rings is 2. The van der Waals surface area contributed by atoms with Gasteiger partial charge in [-0.25, -0.2) is 0 Å². The van der Waals surface area contributed by atoms with Gasteiger partial charge in [0.1, 0.15) is 17.5 Å². The fraction of sp³-hybridized carbons (Fsp3) is 0.462. The van der Waals surface area contributed by atoms with Gasteiger partial charge in [0, 0.05) is 18.2 Å². The molecule has 2 aromatic carbocycles. The minimum absolute atomic E-state index is 0.0328. The van der Waals surface area contributed by atoms with E-state index < -0.39 is 6.04 Å². The molecule has 1 aliphatic carbocycles. The second-order valence-electron chi connectivity index (χ2n) is 8.66. The lowest BCUT2D eigenvalue weighted by molar-refractivity contribution is -0.125. The highest BCUT2D eigenvalue weighted by Crippen LogP contribution is 2.40. The van der Waals surface area contributed by atoms with Crippen molar-refractivity contribution in [3.05, 3.63) is 59.7 Å². The van der Waals surface area contributed by atoms with Crippen LogP contribution >= 0.6 is 0 Å². The smallest absolute Gasteiger partial charge is 0.254 e.